The minimum absolute atomic E-state index is 0.208. The quantitative estimate of drug-likeness (QED) is 0.725. The molecule has 0 aromatic carbocycles. The average Bonchev–Trinajstić information content (AvgIpc) is 3.15. The molecule has 1 aliphatic rings. The molecule has 1 atom stereocenters. The number of thiophene rings is 1. The third kappa shape index (κ3) is 2.28. The second-order valence-electron chi connectivity index (χ2n) is 5.10. The smallest absolute Gasteiger partial charge is 0.227 e. The zero-order valence-electron chi connectivity index (χ0n) is 11.6. The number of morpholine rings is 1. The zero-order valence-corrected chi connectivity index (χ0v) is 12.5. The van der Waals surface area contributed by atoms with Crippen molar-refractivity contribution in [2.45, 2.75) is 13.0 Å². The number of hydrogen-bond donors (Lipinski definition) is 0. The van der Waals surface area contributed by atoms with E-state index in [4.69, 9.17) is 9.72 Å². The van der Waals surface area contributed by atoms with Gasteiger partial charge in [-0.1, -0.05) is 0 Å². The summed E-state index contributed by atoms with van der Waals surface area (Å²) >= 11 is 1.66. The molecule has 0 saturated carbocycles. The fourth-order valence-electron chi connectivity index (χ4n) is 2.54. The first kappa shape index (κ1) is 12.7. The second-order valence-corrected chi connectivity index (χ2v) is 5.88. The predicted octanol–water partition coefficient (Wildman–Crippen LogP) is 2.10. The fraction of sp³-hybridized carbons (Fsp3) is 0.357. The molecule has 1 aliphatic heterocycles. The molecule has 3 aromatic rings. The Hall–Kier alpha value is -1.99. The molecule has 4 heterocycles. The molecule has 7 heteroatoms. The Morgan fingerprint density at radius 3 is 3.14 bits per heavy atom. The average molecular weight is 301 g/mol. The minimum Gasteiger partial charge on any atom is -0.375 e. The van der Waals surface area contributed by atoms with Gasteiger partial charge in [0.15, 0.2) is 5.65 Å². The molecule has 0 spiro atoms. The van der Waals surface area contributed by atoms with E-state index in [0.29, 0.717) is 6.61 Å². The van der Waals surface area contributed by atoms with Gasteiger partial charge in [-0.25, -0.2) is 9.97 Å². The highest BCUT2D eigenvalue weighted by Crippen LogP contribution is 2.21. The van der Waals surface area contributed by atoms with Crippen molar-refractivity contribution in [3.05, 3.63) is 29.4 Å². The fourth-order valence-corrected chi connectivity index (χ4v) is 3.16. The van der Waals surface area contributed by atoms with E-state index in [2.05, 4.69) is 33.2 Å². The Kier molecular flexibility index (Phi) is 3.08. The third-order valence-corrected chi connectivity index (χ3v) is 4.26. The highest BCUT2D eigenvalue weighted by atomic mass is 32.1. The van der Waals surface area contributed by atoms with Crippen LogP contribution in [0.25, 0.3) is 16.9 Å². The number of aromatic nitrogens is 4. The van der Waals surface area contributed by atoms with Crippen LogP contribution in [0.1, 0.15) is 6.92 Å². The van der Waals surface area contributed by atoms with Crippen LogP contribution in [0.3, 0.4) is 0 Å². The van der Waals surface area contributed by atoms with E-state index in [1.54, 1.807) is 23.9 Å². The SMILES string of the molecule is CC1CN(c2ncc3ncn(-c4ccsc4)c3n2)CCO1. The van der Waals surface area contributed by atoms with Crippen molar-refractivity contribution in [1.82, 2.24) is 19.5 Å². The van der Waals surface area contributed by atoms with E-state index in [0.717, 1.165) is 35.9 Å². The van der Waals surface area contributed by atoms with Crippen molar-refractivity contribution >= 4 is 28.4 Å². The summed E-state index contributed by atoms with van der Waals surface area (Å²) in [5.41, 5.74) is 2.74. The van der Waals surface area contributed by atoms with Crippen LogP contribution in [0.15, 0.2) is 29.4 Å². The Balaban J connectivity index is 1.76. The van der Waals surface area contributed by atoms with E-state index in [1.807, 2.05) is 9.95 Å². The summed E-state index contributed by atoms with van der Waals surface area (Å²) in [6, 6.07) is 2.06. The molecule has 0 N–H and O–H groups in total. The second kappa shape index (κ2) is 5.09. The molecule has 0 amide bonds. The first-order chi connectivity index (χ1) is 10.3. The lowest BCUT2D eigenvalue weighted by molar-refractivity contribution is 0.0526. The molecule has 1 saturated heterocycles. The lowest BCUT2D eigenvalue weighted by Gasteiger charge is -2.30. The van der Waals surface area contributed by atoms with E-state index in [1.165, 1.54) is 0 Å². The van der Waals surface area contributed by atoms with Gasteiger partial charge in [0, 0.05) is 18.5 Å². The molecule has 108 valence electrons. The summed E-state index contributed by atoms with van der Waals surface area (Å²) in [7, 11) is 0. The lowest BCUT2D eigenvalue weighted by Crippen LogP contribution is -2.42. The van der Waals surface area contributed by atoms with Gasteiger partial charge in [-0.2, -0.15) is 16.3 Å². The van der Waals surface area contributed by atoms with Crippen molar-refractivity contribution in [2.75, 3.05) is 24.6 Å². The molecule has 4 rings (SSSR count). The Bertz CT molecular complexity index is 754. The van der Waals surface area contributed by atoms with Gasteiger partial charge in [-0.05, 0) is 18.4 Å². The molecule has 1 fully saturated rings. The van der Waals surface area contributed by atoms with Crippen LogP contribution in [0.2, 0.25) is 0 Å². The van der Waals surface area contributed by atoms with Crippen molar-refractivity contribution in [3.8, 4) is 5.69 Å². The van der Waals surface area contributed by atoms with Gasteiger partial charge < -0.3 is 9.64 Å². The van der Waals surface area contributed by atoms with Crippen LogP contribution in [0.5, 0.6) is 0 Å². The van der Waals surface area contributed by atoms with Gasteiger partial charge in [0.2, 0.25) is 5.95 Å². The number of anilines is 1. The van der Waals surface area contributed by atoms with Crippen LogP contribution >= 0.6 is 11.3 Å². The summed E-state index contributed by atoms with van der Waals surface area (Å²) in [6.07, 6.45) is 3.80. The van der Waals surface area contributed by atoms with Crippen molar-refractivity contribution in [1.29, 1.82) is 0 Å². The van der Waals surface area contributed by atoms with Crippen LogP contribution in [0, 0.1) is 0 Å². The summed E-state index contributed by atoms with van der Waals surface area (Å²) in [5.74, 6) is 0.745. The van der Waals surface area contributed by atoms with Gasteiger partial charge in [0.25, 0.3) is 0 Å². The molecule has 6 nitrogen and oxygen atoms in total. The van der Waals surface area contributed by atoms with Crippen LogP contribution < -0.4 is 4.90 Å². The van der Waals surface area contributed by atoms with Crippen molar-refractivity contribution in [3.63, 3.8) is 0 Å². The number of hydrogen-bond acceptors (Lipinski definition) is 6. The summed E-state index contributed by atoms with van der Waals surface area (Å²) in [4.78, 5) is 15.7. The molecule has 21 heavy (non-hydrogen) atoms. The molecule has 3 aromatic heterocycles. The van der Waals surface area contributed by atoms with E-state index >= 15 is 0 Å². The van der Waals surface area contributed by atoms with E-state index < -0.39 is 0 Å². The van der Waals surface area contributed by atoms with E-state index in [9.17, 15) is 0 Å². The van der Waals surface area contributed by atoms with Crippen LogP contribution in [-0.4, -0.2) is 45.3 Å². The van der Waals surface area contributed by atoms with Gasteiger partial charge >= 0.3 is 0 Å². The highest BCUT2D eigenvalue weighted by molar-refractivity contribution is 7.08. The normalized spacial score (nSPS) is 19.3. The number of rotatable bonds is 2. The molecular weight excluding hydrogens is 286 g/mol. The monoisotopic (exact) mass is 301 g/mol. The number of imidazole rings is 1. The Morgan fingerprint density at radius 2 is 2.33 bits per heavy atom. The number of ether oxygens (including phenoxy) is 1. The zero-order chi connectivity index (χ0) is 14.2. The standard InChI is InChI=1S/C14H15N5OS/c1-10-7-18(3-4-20-10)14-15-6-12-13(17-14)19(9-16-12)11-2-5-21-8-11/h2,5-6,8-10H,3-4,7H2,1H3. The Labute approximate surface area is 126 Å². The molecular formula is C14H15N5OS. The van der Waals surface area contributed by atoms with Gasteiger partial charge in [-0.15, -0.1) is 0 Å². The number of nitrogens with zero attached hydrogens (tertiary/aromatic N) is 5. The van der Waals surface area contributed by atoms with Crippen LogP contribution in [-0.2, 0) is 4.74 Å². The maximum atomic E-state index is 5.57. The minimum atomic E-state index is 0.208. The lowest BCUT2D eigenvalue weighted by atomic mass is 10.3. The molecule has 0 radical (unpaired) electrons. The summed E-state index contributed by atoms with van der Waals surface area (Å²) < 4.78 is 7.57. The highest BCUT2D eigenvalue weighted by Gasteiger charge is 2.20. The summed E-state index contributed by atoms with van der Waals surface area (Å²) in [6.45, 7) is 4.42. The largest absolute Gasteiger partial charge is 0.375 e. The first-order valence-electron chi connectivity index (χ1n) is 6.90. The predicted molar refractivity (Wildman–Crippen MR) is 82.2 cm³/mol. The number of fused-ring (bicyclic) bond motifs is 1. The molecule has 0 aliphatic carbocycles. The molecule has 0 bridgehead atoms. The van der Waals surface area contributed by atoms with Gasteiger partial charge in [0.1, 0.15) is 11.8 Å². The first-order valence-corrected chi connectivity index (χ1v) is 7.85. The van der Waals surface area contributed by atoms with Gasteiger partial charge in [0.05, 0.1) is 24.6 Å². The summed E-state index contributed by atoms with van der Waals surface area (Å²) in [5, 5.41) is 4.13. The van der Waals surface area contributed by atoms with Crippen molar-refractivity contribution < 1.29 is 4.74 Å². The molecule has 1 unspecified atom stereocenters. The van der Waals surface area contributed by atoms with Crippen LogP contribution in [0.4, 0.5) is 5.95 Å². The van der Waals surface area contributed by atoms with Gasteiger partial charge in [-0.3, -0.25) is 4.57 Å². The Morgan fingerprint density at radius 1 is 1.38 bits per heavy atom. The topological polar surface area (TPSA) is 56.1 Å². The van der Waals surface area contributed by atoms with Crippen molar-refractivity contribution in [2.24, 2.45) is 0 Å². The third-order valence-electron chi connectivity index (χ3n) is 3.59. The van der Waals surface area contributed by atoms with E-state index in [-0.39, 0.29) is 6.10 Å². The maximum Gasteiger partial charge on any atom is 0.227 e. The maximum absolute atomic E-state index is 5.57.